The second kappa shape index (κ2) is 4.85. The molecule has 5 heteroatoms. The van der Waals surface area contributed by atoms with Gasteiger partial charge in [0.05, 0.1) is 22.5 Å². The lowest BCUT2D eigenvalue weighted by molar-refractivity contribution is 0.629. The van der Waals surface area contributed by atoms with Crippen LogP contribution in [-0.4, -0.2) is 14.8 Å². The molecule has 2 aromatic rings. The van der Waals surface area contributed by atoms with Gasteiger partial charge in [-0.05, 0) is 25.1 Å². The fourth-order valence-electron chi connectivity index (χ4n) is 1.85. The number of nitrogens with zero attached hydrogens (tertiary/aromatic N) is 3. The predicted molar refractivity (Wildman–Crippen MR) is 67.8 cm³/mol. The molecule has 2 aromatic heterocycles. The Hall–Kier alpha value is -1.39. The van der Waals surface area contributed by atoms with Gasteiger partial charge in [0, 0.05) is 25.4 Å². The van der Waals surface area contributed by atoms with E-state index in [0.29, 0.717) is 11.4 Å². The van der Waals surface area contributed by atoms with E-state index in [9.17, 15) is 0 Å². The maximum Gasteiger partial charge on any atom is 0.0760 e. The van der Waals surface area contributed by atoms with E-state index < -0.39 is 0 Å². The Labute approximate surface area is 105 Å². The Kier molecular flexibility index (Phi) is 3.45. The molecule has 2 heterocycles. The first-order valence-electron chi connectivity index (χ1n) is 5.43. The standard InChI is InChI=1S/C12H15ClN4/c1-8-6-9(17(2)16-8)7-11(14)12-10(13)4-3-5-15-12/h3-6,11H,7,14H2,1-2H3. The highest BCUT2D eigenvalue weighted by atomic mass is 35.5. The van der Waals surface area contributed by atoms with Crippen molar-refractivity contribution in [2.75, 3.05) is 0 Å². The van der Waals surface area contributed by atoms with Crippen molar-refractivity contribution in [2.24, 2.45) is 12.8 Å². The molecule has 0 aliphatic rings. The zero-order chi connectivity index (χ0) is 12.4. The Morgan fingerprint density at radius 1 is 1.53 bits per heavy atom. The largest absolute Gasteiger partial charge is 0.322 e. The molecule has 0 aliphatic heterocycles. The predicted octanol–water partition coefficient (Wildman–Crippen LogP) is 2.02. The van der Waals surface area contributed by atoms with E-state index in [1.807, 2.05) is 24.7 Å². The van der Waals surface area contributed by atoms with E-state index in [0.717, 1.165) is 17.1 Å². The molecule has 0 spiro atoms. The van der Waals surface area contributed by atoms with Gasteiger partial charge in [0.1, 0.15) is 0 Å². The SMILES string of the molecule is Cc1cc(CC(N)c2ncccc2Cl)n(C)n1. The van der Waals surface area contributed by atoms with Crippen LogP contribution in [0.3, 0.4) is 0 Å². The molecular weight excluding hydrogens is 236 g/mol. The zero-order valence-electron chi connectivity index (χ0n) is 9.89. The van der Waals surface area contributed by atoms with Gasteiger partial charge in [0.25, 0.3) is 0 Å². The van der Waals surface area contributed by atoms with Crippen molar-refractivity contribution in [2.45, 2.75) is 19.4 Å². The van der Waals surface area contributed by atoms with Gasteiger partial charge >= 0.3 is 0 Å². The quantitative estimate of drug-likeness (QED) is 0.907. The number of hydrogen-bond donors (Lipinski definition) is 1. The van der Waals surface area contributed by atoms with Crippen LogP contribution in [0, 0.1) is 6.92 Å². The molecule has 2 N–H and O–H groups in total. The third-order valence-electron chi connectivity index (χ3n) is 2.67. The highest BCUT2D eigenvalue weighted by molar-refractivity contribution is 6.31. The maximum atomic E-state index is 6.12. The van der Waals surface area contributed by atoms with Crippen LogP contribution in [0.4, 0.5) is 0 Å². The zero-order valence-corrected chi connectivity index (χ0v) is 10.6. The average molecular weight is 251 g/mol. The first-order valence-corrected chi connectivity index (χ1v) is 5.81. The van der Waals surface area contributed by atoms with E-state index in [1.165, 1.54) is 0 Å². The molecule has 0 bridgehead atoms. The van der Waals surface area contributed by atoms with Gasteiger partial charge < -0.3 is 5.73 Å². The summed E-state index contributed by atoms with van der Waals surface area (Å²) in [6.45, 7) is 1.96. The van der Waals surface area contributed by atoms with Crippen molar-refractivity contribution < 1.29 is 0 Å². The van der Waals surface area contributed by atoms with E-state index in [2.05, 4.69) is 10.1 Å². The normalized spacial score (nSPS) is 12.7. The van der Waals surface area contributed by atoms with Gasteiger partial charge in [0.15, 0.2) is 0 Å². The van der Waals surface area contributed by atoms with Crippen LogP contribution in [-0.2, 0) is 13.5 Å². The van der Waals surface area contributed by atoms with Crippen LogP contribution < -0.4 is 5.73 Å². The minimum absolute atomic E-state index is 0.210. The molecule has 17 heavy (non-hydrogen) atoms. The summed E-state index contributed by atoms with van der Waals surface area (Å²) in [7, 11) is 1.91. The summed E-state index contributed by atoms with van der Waals surface area (Å²) in [5.74, 6) is 0. The Balaban J connectivity index is 2.20. The number of halogens is 1. The van der Waals surface area contributed by atoms with Gasteiger partial charge in [-0.15, -0.1) is 0 Å². The summed E-state index contributed by atoms with van der Waals surface area (Å²) in [4.78, 5) is 4.22. The van der Waals surface area contributed by atoms with Gasteiger partial charge in [-0.25, -0.2) is 0 Å². The van der Waals surface area contributed by atoms with Crippen LogP contribution in [0.15, 0.2) is 24.4 Å². The highest BCUT2D eigenvalue weighted by Gasteiger charge is 2.14. The summed E-state index contributed by atoms with van der Waals surface area (Å²) < 4.78 is 1.84. The Morgan fingerprint density at radius 2 is 2.29 bits per heavy atom. The van der Waals surface area contributed by atoms with E-state index in [-0.39, 0.29) is 6.04 Å². The molecule has 0 aliphatic carbocycles. The third-order valence-corrected chi connectivity index (χ3v) is 2.99. The molecule has 4 nitrogen and oxygen atoms in total. The summed E-state index contributed by atoms with van der Waals surface area (Å²) in [6, 6.07) is 5.42. The molecule has 0 amide bonds. The van der Waals surface area contributed by atoms with Crippen molar-refractivity contribution in [3.63, 3.8) is 0 Å². The fraction of sp³-hybridized carbons (Fsp3) is 0.333. The number of aromatic nitrogens is 3. The second-order valence-electron chi connectivity index (χ2n) is 4.08. The van der Waals surface area contributed by atoms with Crippen LogP contribution in [0.1, 0.15) is 23.1 Å². The van der Waals surface area contributed by atoms with Crippen LogP contribution in [0.2, 0.25) is 5.02 Å². The first kappa shape index (κ1) is 12.1. The molecule has 1 atom stereocenters. The summed E-state index contributed by atoms with van der Waals surface area (Å²) >= 11 is 6.07. The Bertz CT molecular complexity index is 521. The number of hydrogen-bond acceptors (Lipinski definition) is 3. The van der Waals surface area contributed by atoms with Crippen molar-refractivity contribution >= 4 is 11.6 Å². The molecular formula is C12H15ClN4. The smallest absolute Gasteiger partial charge is 0.0760 e. The monoisotopic (exact) mass is 250 g/mol. The third kappa shape index (κ3) is 2.65. The lowest BCUT2D eigenvalue weighted by Crippen LogP contribution is -2.17. The Morgan fingerprint density at radius 3 is 2.88 bits per heavy atom. The summed E-state index contributed by atoms with van der Waals surface area (Å²) in [5, 5.41) is 4.90. The molecule has 2 rings (SSSR count). The van der Waals surface area contributed by atoms with Crippen LogP contribution >= 0.6 is 11.6 Å². The van der Waals surface area contributed by atoms with Gasteiger partial charge in [-0.2, -0.15) is 5.10 Å². The van der Waals surface area contributed by atoms with Crippen molar-refractivity contribution in [3.8, 4) is 0 Å². The second-order valence-corrected chi connectivity index (χ2v) is 4.49. The molecule has 1 unspecified atom stereocenters. The van der Waals surface area contributed by atoms with Gasteiger partial charge in [-0.3, -0.25) is 9.67 Å². The van der Waals surface area contributed by atoms with Gasteiger partial charge in [-0.1, -0.05) is 11.6 Å². The van der Waals surface area contributed by atoms with E-state index in [1.54, 1.807) is 18.3 Å². The minimum Gasteiger partial charge on any atom is -0.322 e. The van der Waals surface area contributed by atoms with Gasteiger partial charge in [0.2, 0.25) is 0 Å². The molecule has 0 saturated heterocycles. The summed E-state index contributed by atoms with van der Waals surface area (Å²) in [5.41, 5.74) is 8.92. The topological polar surface area (TPSA) is 56.7 Å². The molecule has 0 radical (unpaired) electrons. The van der Waals surface area contributed by atoms with Crippen molar-refractivity contribution in [3.05, 3.63) is 46.5 Å². The van der Waals surface area contributed by atoms with E-state index in [4.69, 9.17) is 17.3 Å². The molecule has 0 aromatic carbocycles. The number of pyridine rings is 1. The van der Waals surface area contributed by atoms with Crippen LogP contribution in [0.25, 0.3) is 0 Å². The average Bonchev–Trinajstić information content (AvgIpc) is 2.58. The van der Waals surface area contributed by atoms with Crippen molar-refractivity contribution in [1.82, 2.24) is 14.8 Å². The highest BCUT2D eigenvalue weighted by Crippen LogP contribution is 2.21. The fourth-order valence-corrected chi connectivity index (χ4v) is 2.11. The van der Waals surface area contributed by atoms with E-state index >= 15 is 0 Å². The molecule has 90 valence electrons. The number of rotatable bonds is 3. The summed E-state index contributed by atoms with van der Waals surface area (Å²) in [6.07, 6.45) is 2.38. The maximum absolute atomic E-state index is 6.12. The van der Waals surface area contributed by atoms with Crippen LogP contribution in [0.5, 0.6) is 0 Å². The minimum atomic E-state index is -0.210. The lowest BCUT2D eigenvalue weighted by atomic mass is 10.1. The number of aryl methyl sites for hydroxylation is 2. The molecule has 0 saturated carbocycles. The first-order chi connectivity index (χ1) is 8.08. The lowest BCUT2D eigenvalue weighted by Gasteiger charge is -2.12. The number of nitrogens with two attached hydrogens (primary N) is 1. The van der Waals surface area contributed by atoms with Crippen molar-refractivity contribution in [1.29, 1.82) is 0 Å². The molecule has 0 fully saturated rings.